The lowest BCUT2D eigenvalue weighted by molar-refractivity contribution is -0.0647. The molecule has 2 unspecified atom stereocenters. The third-order valence-corrected chi connectivity index (χ3v) is 1.35. The van der Waals surface area contributed by atoms with E-state index in [9.17, 15) is 4.79 Å². The maximum absolute atomic E-state index is 10.2. The molecule has 7 nitrogen and oxygen atoms in total. The van der Waals surface area contributed by atoms with Crippen LogP contribution in [0.3, 0.4) is 0 Å². The maximum Gasteiger partial charge on any atom is 0.404 e. The lowest BCUT2D eigenvalue weighted by Crippen LogP contribution is -2.31. The molecule has 0 saturated heterocycles. The van der Waals surface area contributed by atoms with Crippen molar-refractivity contribution in [2.75, 3.05) is 26.4 Å². The van der Waals surface area contributed by atoms with Gasteiger partial charge < -0.3 is 30.5 Å². The number of primary amides is 1. The van der Waals surface area contributed by atoms with Gasteiger partial charge in [0, 0.05) is 0 Å². The van der Waals surface area contributed by atoms with Crippen LogP contribution in [0.25, 0.3) is 0 Å². The Morgan fingerprint density at radius 3 is 2.36 bits per heavy atom. The van der Waals surface area contributed by atoms with Gasteiger partial charge in [0.15, 0.2) is 0 Å². The fourth-order valence-electron chi connectivity index (χ4n) is 0.628. The van der Waals surface area contributed by atoms with Crippen molar-refractivity contribution in [2.24, 2.45) is 5.73 Å². The minimum absolute atomic E-state index is 0.149. The van der Waals surface area contributed by atoms with Crippen molar-refractivity contribution in [3.63, 3.8) is 0 Å². The van der Waals surface area contributed by atoms with Crippen molar-refractivity contribution < 1.29 is 29.6 Å². The van der Waals surface area contributed by atoms with E-state index in [0.29, 0.717) is 0 Å². The molecule has 0 rings (SSSR count). The van der Waals surface area contributed by atoms with Crippen molar-refractivity contribution >= 4 is 6.09 Å². The molecule has 0 aromatic carbocycles. The number of hydrogen-bond acceptors (Lipinski definition) is 6. The average molecular weight is 209 g/mol. The Bertz CT molecular complexity index is 164. The van der Waals surface area contributed by atoms with Gasteiger partial charge in [0.05, 0.1) is 19.8 Å². The third-order valence-electron chi connectivity index (χ3n) is 1.35. The van der Waals surface area contributed by atoms with Gasteiger partial charge in [-0.15, -0.1) is 0 Å². The summed E-state index contributed by atoms with van der Waals surface area (Å²) in [6.45, 7) is -1.14. The molecule has 0 aromatic rings. The summed E-state index contributed by atoms with van der Waals surface area (Å²) in [4.78, 5) is 10.2. The second-order valence-corrected chi connectivity index (χ2v) is 2.60. The minimum atomic E-state index is -1.02. The second kappa shape index (κ2) is 7.51. The quantitative estimate of drug-likeness (QED) is 0.378. The number of carbonyl (C=O) groups excluding carboxylic acids is 1. The number of amides is 1. The fourth-order valence-corrected chi connectivity index (χ4v) is 0.628. The molecule has 0 bridgehead atoms. The molecule has 0 aliphatic carbocycles. The van der Waals surface area contributed by atoms with Crippen molar-refractivity contribution in [3.8, 4) is 0 Å². The van der Waals surface area contributed by atoms with Crippen molar-refractivity contribution in [2.45, 2.75) is 12.2 Å². The molecule has 0 aromatic heterocycles. The molecule has 14 heavy (non-hydrogen) atoms. The van der Waals surface area contributed by atoms with Crippen LogP contribution in [0, 0.1) is 0 Å². The molecule has 5 N–H and O–H groups in total. The predicted octanol–water partition coefficient (Wildman–Crippen LogP) is -2.19. The normalized spacial score (nSPS) is 14.8. The van der Waals surface area contributed by atoms with Gasteiger partial charge in [0.2, 0.25) is 0 Å². The van der Waals surface area contributed by atoms with Crippen molar-refractivity contribution in [1.82, 2.24) is 0 Å². The summed E-state index contributed by atoms with van der Waals surface area (Å²) in [5.41, 5.74) is 4.69. The molecule has 84 valence electrons. The van der Waals surface area contributed by atoms with Crippen LogP contribution in [0.4, 0.5) is 4.79 Å². The lowest BCUT2D eigenvalue weighted by atomic mass is 10.4. The summed E-state index contributed by atoms with van der Waals surface area (Å²) in [5.74, 6) is 0. The maximum atomic E-state index is 10.2. The molecule has 0 saturated carbocycles. The second-order valence-electron chi connectivity index (χ2n) is 2.60. The van der Waals surface area contributed by atoms with Crippen molar-refractivity contribution in [1.29, 1.82) is 0 Å². The Hall–Kier alpha value is -0.890. The number of aliphatic hydroxyl groups excluding tert-OH is 3. The molecule has 0 heterocycles. The Balaban J connectivity index is 3.62. The SMILES string of the molecule is NC(=O)OCC(CO)OCC(O)CO. The number of nitrogens with two attached hydrogens (primary N) is 1. The first-order chi connectivity index (χ1) is 6.60. The summed E-state index contributed by atoms with van der Waals surface area (Å²) in [7, 11) is 0. The smallest absolute Gasteiger partial charge is 0.404 e. The Labute approximate surface area is 81.0 Å². The van der Waals surface area contributed by atoms with E-state index < -0.39 is 24.9 Å². The molecule has 7 heteroatoms. The molecule has 0 spiro atoms. The highest BCUT2D eigenvalue weighted by Gasteiger charge is 2.12. The highest BCUT2D eigenvalue weighted by atomic mass is 16.6. The van der Waals surface area contributed by atoms with Crippen LogP contribution in [0.2, 0.25) is 0 Å². The first kappa shape index (κ1) is 13.1. The van der Waals surface area contributed by atoms with Crippen LogP contribution in [0.1, 0.15) is 0 Å². The number of ether oxygens (including phenoxy) is 2. The van der Waals surface area contributed by atoms with E-state index in [2.05, 4.69) is 10.5 Å². The monoisotopic (exact) mass is 209 g/mol. The number of rotatable bonds is 7. The van der Waals surface area contributed by atoms with Gasteiger partial charge in [0.1, 0.15) is 18.8 Å². The van der Waals surface area contributed by atoms with Crippen LogP contribution >= 0.6 is 0 Å². The summed E-state index contributed by atoms with van der Waals surface area (Å²) < 4.78 is 9.27. The largest absolute Gasteiger partial charge is 0.447 e. The van der Waals surface area contributed by atoms with Crippen LogP contribution in [-0.2, 0) is 9.47 Å². The third kappa shape index (κ3) is 6.61. The summed E-state index contributed by atoms with van der Waals surface area (Å²) in [5, 5.41) is 26.1. The van der Waals surface area contributed by atoms with E-state index in [-0.39, 0.29) is 19.8 Å². The summed E-state index contributed by atoms with van der Waals surface area (Å²) >= 11 is 0. The molecule has 1 amide bonds. The van der Waals surface area contributed by atoms with Gasteiger partial charge >= 0.3 is 6.09 Å². The van der Waals surface area contributed by atoms with E-state index >= 15 is 0 Å². The Kier molecular flexibility index (Phi) is 7.03. The molecule has 2 atom stereocenters. The molecular formula is C7H15NO6. The van der Waals surface area contributed by atoms with Crippen molar-refractivity contribution in [3.05, 3.63) is 0 Å². The standard InChI is InChI=1S/C7H15NO6/c8-7(12)14-4-6(2-10)13-3-5(11)1-9/h5-6,9-11H,1-4H2,(H2,8,12). The zero-order valence-electron chi connectivity index (χ0n) is 7.63. The van der Waals surface area contributed by atoms with Crippen LogP contribution < -0.4 is 5.73 Å². The molecular weight excluding hydrogens is 194 g/mol. The number of carbonyl (C=O) groups is 1. The minimum Gasteiger partial charge on any atom is -0.447 e. The molecule has 0 fully saturated rings. The van der Waals surface area contributed by atoms with Crippen LogP contribution in [0.15, 0.2) is 0 Å². The number of aliphatic hydroxyl groups is 3. The molecule has 0 radical (unpaired) electrons. The fraction of sp³-hybridized carbons (Fsp3) is 0.857. The first-order valence-corrected chi connectivity index (χ1v) is 4.03. The van der Waals surface area contributed by atoms with E-state index in [4.69, 9.17) is 20.1 Å². The number of hydrogen-bond donors (Lipinski definition) is 4. The van der Waals surface area contributed by atoms with Gasteiger partial charge in [-0.1, -0.05) is 0 Å². The Morgan fingerprint density at radius 2 is 1.93 bits per heavy atom. The summed E-state index contributed by atoms with van der Waals surface area (Å²) in [6.07, 6.45) is -2.73. The molecule has 0 aliphatic rings. The Morgan fingerprint density at radius 1 is 1.29 bits per heavy atom. The van der Waals surface area contributed by atoms with Crippen LogP contribution in [0.5, 0.6) is 0 Å². The van der Waals surface area contributed by atoms with E-state index in [1.807, 2.05) is 0 Å². The predicted molar refractivity (Wildman–Crippen MR) is 45.5 cm³/mol. The van der Waals surface area contributed by atoms with Gasteiger partial charge in [0.25, 0.3) is 0 Å². The zero-order chi connectivity index (χ0) is 11.0. The van der Waals surface area contributed by atoms with Crippen LogP contribution in [-0.4, -0.2) is 60.0 Å². The van der Waals surface area contributed by atoms with E-state index in [1.165, 1.54) is 0 Å². The summed E-state index contributed by atoms with van der Waals surface area (Å²) in [6, 6.07) is 0. The highest BCUT2D eigenvalue weighted by Crippen LogP contribution is 1.94. The topological polar surface area (TPSA) is 122 Å². The highest BCUT2D eigenvalue weighted by molar-refractivity contribution is 5.64. The van der Waals surface area contributed by atoms with Gasteiger partial charge in [-0.05, 0) is 0 Å². The van der Waals surface area contributed by atoms with Gasteiger partial charge in [-0.2, -0.15) is 0 Å². The van der Waals surface area contributed by atoms with Gasteiger partial charge in [-0.3, -0.25) is 0 Å². The van der Waals surface area contributed by atoms with E-state index in [0.717, 1.165) is 0 Å². The average Bonchev–Trinajstić information content (AvgIpc) is 2.17. The van der Waals surface area contributed by atoms with Gasteiger partial charge in [-0.25, -0.2) is 4.79 Å². The molecule has 0 aliphatic heterocycles. The zero-order valence-corrected chi connectivity index (χ0v) is 7.63. The lowest BCUT2D eigenvalue weighted by Gasteiger charge is -2.16. The van der Waals surface area contributed by atoms with E-state index in [1.54, 1.807) is 0 Å². The first-order valence-electron chi connectivity index (χ1n) is 4.03.